The summed E-state index contributed by atoms with van der Waals surface area (Å²) in [6.45, 7) is 16.1. The number of benzene rings is 2. The largest absolute Gasteiger partial charge is 0.494 e. The van der Waals surface area contributed by atoms with Crippen LogP contribution in [0, 0.1) is 24.7 Å². The number of ether oxygens (including phenoxy) is 2. The predicted octanol–water partition coefficient (Wildman–Crippen LogP) is 5.57. The summed E-state index contributed by atoms with van der Waals surface area (Å²) in [6, 6.07) is 10.9. The average molecular weight is 664 g/mol. The van der Waals surface area contributed by atoms with Crippen LogP contribution < -0.4 is 14.5 Å². The molecule has 3 amide bonds. The van der Waals surface area contributed by atoms with Crippen LogP contribution in [0.2, 0.25) is 5.02 Å². The number of fused-ring (bicyclic) bond motifs is 1. The van der Waals surface area contributed by atoms with Crippen LogP contribution in [0.5, 0.6) is 5.75 Å². The Morgan fingerprint density at radius 1 is 1.13 bits per heavy atom. The molecule has 2 aromatic rings. The second-order valence-electron chi connectivity index (χ2n) is 13.1. The molecule has 2 aromatic carbocycles. The summed E-state index contributed by atoms with van der Waals surface area (Å²) >= 11 is 6.69. The van der Waals surface area contributed by atoms with Gasteiger partial charge in [0.05, 0.1) is 47.9 Å². The van der Waals surface area contributed by atoms with Gasteiger partial charge in [0, 0.05) is 18.8 Å². The van der Waals surface area contributed by atoms with E-state index in [4.69, 9.17) is 21.1 Å². The minimum absolute atomic E-state index is 0.126. The monoisotopic (exact) mass is 663 g/mol. The molecule has 1 spiro atoms. The Hall–Kier alpha value is -3.66. The summed E-state index contributed by atoms with van der Waals surface area (Å²) in [5.41, 5.74) is 0.711. The molecule has 3 fully saturated rings. The molecule has 2 unspecified atom stereocenters. The molecule has 5 rings (SSSR count). The molecule has 3 aliphatic rings. The van der Waals surface area contributed by atoms with Crippen molar-refractivity contribution < 1.29 is 29.0 Å². The molecule has 0 aromatic heterocycles. The zero-order valence-electron chi connectivity index (χ0n) is 27.7. The number of hydrogen-bond acceptors (Lipinski definition) is 6. The lowest BCUT2D eigenvalue weighted by Gasteiger charge is -2.40. The van der Waals surface area contributed by atoms with Crippen LogP contribution in [-0.2, 0) is 19.1 Å². The highest BCUT2D eigenvalue weighted by Crippen LogP contribution is 2.60. The van der Waals surface area contributed by atoms with Crippen molar-refractivity contribution in [2.24, 2.45) is 17.8 Å². The molecule has 252 valence electrons. The third-order valence-electron chi connectivity index (χ3n) is 9.68. The van der Waals surface area contributed by atoms with Crippen molar-refractivity contribution in [1.82, 2.24) is 4.90 Å². The van der Waals surface area contributed by atoms with E-state index in [0.717, 1.165) is 5.56 Å². The lowest BCUT2D eigenvalue weighted by molar-refractivity contribution is -0.144. The smallest absolute Gasteiger partial charge is 0.253 e. The molecule has 1 N–H and O–H groups in total. The number of nitrogens with zero attached hydrogens (tertiary/aromatic N) is 3. The minimum atomic E-state index is -1.25. The number of hydrogen-bond donors (Lipinski definition) is 1. The van der Waals surface area contributed by atoms with Crippen molar-refractivity contribution in [2.45, 2.75) is 70.7 Å². The van der Waals surface area contributed by atoms with Gasteiger partial charge in [-0.05, 0) is 74.9 Å². The molecule has 2 bridgehead atoms. The highest BCUT2D eigenvalue weighted by molar-refractivity contribution is 6.34. The SMILES string of the molecule is C=CCN(C(=O)[C@@H]1[C@H]2C(=O)N([C@@H](CO)CC(C)C)C(C(=O)N(CC=C)c3c(C)cccc3Cl)C23CC[C@H]1O3)c1ccc(OCC)cc1. The van der Waals surface area contributed by atoms with Gasteiger partial charge in [-0.1, -0.05) is 49.7 Å². The topological polar surface area (TPSA) is 99.6 Å². The first-order chi connectivity index (χ1) is 22.5. The van der Waals surface area contributed by atoms with Crippen LogP contribution in [0.15, 0.2) is 67.8 Å². The molecule has 3 aliphatic heterocycles. The third kappa shape index (κ3) is 6.09. The van der Waals surface area contributed by atoms with E-state index in [9.17, 15) is 19.5 Å². The summed E-state index contributed by atoms with van der Waals surface area (Å²) in [4.78, 5) is 49.1. The second kappa shape index (κ2) is 14.2. The molecule has 10 heteroatoms. The number of aliphatic hydroxyl groups is 1. The number of amides is 3. The van der Waals surface area contributed by atoms with Crippen LogP contribution in [0.25, 0.3) is 0 Å². The van der Waals surface area contributed by atoms with E-state index in [2.05, 4.69) is 13.2 Å². The first-order valence-electron chi connectivity index (χ1n) is 16.5. The van der Waals surface area contributed by atoms with Gasteiger partial charge in [0.25, 0.3) is 5.91 Å². The first-order valence-corrected chi connectivity index (χ1v) is 16.9. The predicted molar refractivity (Wildman–Crippen MR) is 184 cm³/mol. The van der Waals surface area contributed by atoms with Gasteiger partial charge in [-0.15, -0.1) is 13.2 Å². The van der Waals surface area contributed by atoms with Crippen LogP contribution in [-0.4, -0.2) is 77.8 Å². The van der Waals surface area contributed by atoms with Gasteiger partial charge in [0.15, 0.2) is 0 Å². The van der Waals surface area contributed by atoms with Crippen molar-refractivity contribution in [3.8, 4) is 5.75 Å². The van der Waals surface area contributed by atoms with Gasteiger partial charge < -0.3 is 29.3 Å². The number of para-hydroxylation sites is 1. The highest BCUT2D eigenvalue weighted by atomic mass is 35.5. The molecule has 3 heterocycles. The van der Waals surface area contributed by atoms with Gasteiger partial charge in [-0.3, -0.25) is 14.4 Å². The van der Waals surface area contributed by atoms with Gasteiger partial charge in [0.1, 0.15) is 17.4 Å². The van der Waals surface area contributed by atoms with E-state index < -0.39 is 35.6 Å². The quantitative estimate of drug-likeness (QED) is 0.266. The number of anilines is 2. The Balaban J connectivity index is 1.60. The summed E-state index contributed by atoms with van der Waals surface area (Å²) in [5.74, 6) is -1.90. The zero-order chi connectivity index (χ0) is 34.0. The van der Waals surface area contributed by atoms with Crippen molar-refractivity contribution >= 4 is 40.7 Å². The summed E-state index contributed by atoms with van der Waals surface area (Å²) < 4.78 is 12.3. The Bertz CT molecular complexity index is 1490. The van der Waals surface area contributed by atoms with E-state index in [1.807, 2.05) is 52.0 Å². The van der Waals surface area contributed by atoms with E-state index in [1.54, 1.807) is 40.2 Å². The van der Waals surface area contributed by atoms with Crippen molar-refractivity contribution in [3.63, 3.8) is 0 Å². The summed E-state index contributed by atoms with van der Waals surface area (Å²) in [5, 5.41) is 11.1. The van der Waals surface area contributed by atoms with E-state index in [-0.39, 0.29) is 43.3 Å². The van der Waals surface area contributed by atoms with E-state index >= 15 is 0 Å². The maximum Gasteiger partial charge on any atom is 0.253 e. The van der Waals surface area contributed by atoms with E-state index in [1.165, 1.54) is 4.90 Å². The third-order valence-corrected chi connectivity index (χ3v) is 9.98. The van der Waals surface area contributed by atoms with Crippen LogP contribution in [0.3, 0.4) is 0 Å². The molecule has 0 saturated carbocycles. The lowest BCUT2D eigenvalue weighted by atomic mass is 9.70. The number of carbonyl (C=O) groups excluding carboxylic acids is 3. The zero-order valence-corrected chi connectivity index (χ0v) is 28.5. The molecular formula is C37H46ClN3O6. The number of carbonyl (C=O) groups is 3. The normalized spacial score (nSPS) is 25.1. The summed E-state index contributed by atoms with van der Waals surface area (Å²) in [7, 11) is 0. The van der Waals surface area contributed by atoms with Crippen molar-refractivity contribution in [1.29, 1.82) is 0 Å². The fourth-order valence-corrected chi connectivity index (χ4v) is 8.24. The maximum absolute atomic E-state index is 15.0. The standard InChI is InChI=1S/C37H46ClN3O6/c1-7-19-39(25-13-15-27(16-14-25)46-9-3)34(43)30-29-17-18-37(47-29)31(30)35(44)41(26(22-42)21-23(4)5)33(37)36(45)40(20-8-2)32-24(6)11-10-12-28(32)38/h7-8,10-16,23,26,29-31,33,42H,1-2,9,17-22H2,3-6H3/t26-,29-,30+,31+,33?,37?/m1/s1. The molecule has 0 radical (unpaired) electrons. The maximum atomic E-state index is 15.0. The first kappa shape index (κ1) is 34.7. The number of likely N-dealkylation sites (tertiary alicyclic amines) is 1. The Kier molecular flexibility index (Phi) is 10.5. The van der Waals surface area contributed by atoms with Crippen molar-refractivity contribution in [2.75, 3.05) is 36.1 Å². The van der Waals surface area contributed by atoms with Crippen LogP contribution in [0.4, 0.5) is 11.4 Å². The van der Waals surface area contributed by atoms with Gasteiger partial charge in [-0.25, -0.2) is 0 Å². The number of halogens is 1. The van der Waals surface area contributed by atoms with Gasteiger partial charge >= 0.3 is 0 Å². The highest BCUT2D eigenvalue weighted by Gasteiger charge is 2.75. The second-order valence-corrected chi connectivity index (χ2v) is 13.5. The Morgan fingerprint density at radius 2 is 1.81 bits per heavy atom. The average Bonchev–Trinajstić information content (AvgIpc) is 3.69. The Morgan fingerprint density at radius 3 is 2.40 bits per heavy atom. The van der Waals surface area contributed by atoms with Gasteiger partial charge in [-0.2, -0.15) is 0 Å². The fraction of sp³-hybridized carbons (Fsp3) is 0.486. The molecule has 6 atom stereocenters. The molecular weight excluding hydrogens is 618 g/mol. The summed E-state index contributed by atoms with van der Waals surface area (Å²) in [6.07, 6.45) is 4.14. The molecule has 9 nitrogen and oxygen atoms in total. The lowest BCUT2D eigenvalue weighted by Crippen LogP contribution is -2.59. The number of aryl methyl sites for hydroxylation is 1. The number of rotatable bonds is 14. The Labute approximate surface area is 282 Å². The van der Waals surface area contributed by atoms with E-state index in [0.29, 0.717) is 48.0 Å². The van der Waals surface area contributed by atoms with Crippen LogP contribution in [0.1, 0.15) is 45.6 Å². The van der Waals surface area contributed by atoms with Gasteiger partial charge in [0.2, 0.25) is 11.8 Å². The van der Waals surface area contributed by atoms with Crippen molar-refractivity contribution in [3.05, 3.63) is 78.4 Å². The minimum Gasteiger partial charge on any atom is -0.494 e. The fourth-order valence-electron chi connectivity index (χ4n) is 7.92. The molecule has 0 aliphatic carbocycles. The van der Waals surface area contributed by atoms with Crippen LogP contribution >= 0.6 is 11.6 Å². The molecule has 3 saturated heterocycles. The molecule has 47 heavy (non-hydrogen) atoms. The number of aliphatic hydroxyl groups excluding tert-OH is 1.